The van der Waals surface area contributed by atoms with Crippen molar-refractivity contribution in [3.8, 4) is 0 Å². The van der Waals surface area contributed by atoms with E-state index in [1.54, 1.807) is 6.20 Å². The molecule has 0 aliphatic heterocycles. The normalized spacial score (nSPS) is 14.7. The molecule has 0 aromatic carbocycles. The molecule has 1 atom stereocenters. The molecule has 4 heteroatoms. The predicted molar refractivity (Wildman–Crippen MR) is 96.2 cm³/mol. The molecule has 0 spiro atoms. The van der Waals surface area contributed by atoms with E-state index in [0.717, 1.165) is 18.7 Å². The lowest BCUT2D eigenvalue weighted by Crippen LogP contribution is -2.47. The second-order valence-corrected chi connectivity index (χ2v) is 7.43. The van der Waals surface area contributed by atoms with Crippen LogP contribution in [0.5, 0.6) is 0 Å². The summed E-state index contributed by atoms with van der Waals surface area (Å²) in [5.74, 6) is 0.105. The third-order valence-corrected chi connectivity index (χ3v) is 4.51. The minimum absolute atomic E-state index is 0.266. The van der Waals surface area contributed by atoms with Gasteiger partial charge < -0.3 is 5.73 Å². The first-order valence-corrected chi connectivity index (χ1v) is 8.68. The van der Waals surface area contributed by atoms with E-state index in [2.05, 4.69) is 51.4 Å². The van der Waals surface area contributed by atoms with E-state index >= 15 is 0 Å². The molecule has 1 amide bonds. The first-order chi connectivity index (χ1) is 10.7. The lowest BCUT2D eigenvalue weighted by atomic mass is 9.73. The minimum Gasteiger partial charge on any atom is -0.369 e. The molecule has 0 aliphatic carbocycles. The summed E-state index contributed by atoms with van der Waals surface area (Å²) in [6.07, 6.45) is 3.17. The first-order valence-electron chi connectivity index (χ1n) is 8.68. The fourth-order valence-electron chi connectivity index (χ4n) is 3.46. The average molecular weight is 319 g/mol. The van der Waals surface area contributed by atoms with Crippen LogP contribution in [-0.4, -0.2) is 34.4 Å². The van der Waals surface area contributed by atoms with Gasteiger partial charge >= 0.3 is 0 Å². The fraction of sp³-hybridized carbons (Fsp3) is 0.684. The minimum atomic E-state index is -0.697. The van der Waals surface area contributed by atoms with Gasteiger partial charge in [-0.3, -0.25) is 14.7 Å². The van der Waals surface area contributed by atoms with E-state index in [0.29, 0.717) is 24.4 Å². The maximum atomic E-state index is 12.5. The number of hydrogen-bond donors (Lipinski definition) is 1. The summed E-state index contributed by atoms with van der Waals surface area (Å²) in [7, 11) is 0. The number of carbonyl (C=O) groups excluding carboxylic acids is 1. The van der Waals surface area contributed by atoms with Crippen LogP contribution in [0.4, 0.5) is 0 Å². The summed E-state index contributed by atoms with van der Waals surface area (Å²) in [5, 5.41) is 0. The van der Waals surface area contributed by atoms with Gasteiger partial charge in [-0.05, 0) is 58.6 Å². The average Bonchev–Trinajstić information content (AvgIpc) is 2.45. The quantitative estimate of drug-likeness (QED) is 0.759. The number of rotatable bonds is 9. The molecule has 1 rings (SSSR count). The van der Waals surface area contributed by atoms with Crippen molar-refractivity contribution >= 4 is 5.91 Å². The van der Waals surface area contributed by atoms with Gasteiger partial charge in [-0.2, -0.15) is 0 Å². The third-order valence-electron chi connectivity index (χ3n) is 4.51. The molecule has 0 aliphatic rings. The molecule has 0 saturated carbocycles. The fourth-order valence-corrected chi connectivity index (χ4v) is 3.46. The van der Waals surface area contributed by atoms with Crippen LogP contribution >= 0.6 is 0 Å². The van der Waals surface area contributed by atoms with Gasteiger partial charge in [0.1, 0.15) is 0 Å². The highest BCUT2D eigenvalue weighted by Gasteiger charge is 2.40. The van der Waals surface area contributed by atoms with Crippen LogP contribution in [0.2, 0.25) is 0 Å². The Hall–Kier alpha value is -1.42. The zero-order valence-corrected chi connectivity index (χ0v) is 15.5. The summed E-state index contributed by atoms with van der Waals surface area (Å²) in [6.45, 7) is 13.8. The molecular weight excluding hydrogens is 286 g/mol. The SMILES string of the molecule is CC(C)C[C@](CCN(C(C)C)C(C)C)(C(N)=O)c1ccccn1. The highest BCUT2D eigenvalue weighted by atomic mass is 16.1. The van der Waals surface area contributed by atoms with E-state index in [-0.39, 0.29) is 5.91 Å². The third kappa shape index (κ3) is 5.03. The highest BCUT2D eigenvalue weighted by Crippen LogP contribution is 2.34. The standard InChI is InChI=1S/C19H33N3O/c1-14(2)13-19(18(20)23,17-9-7-8-11-21-17)10-12-22(15(3)4)16(5)6/h7-9,11,14-16H,10,12-13H2,1-6H3,(H2,20,23)/t19-/m0/s1. The second kappa shape index (κ2) is 8.44. The van der Waals surface area contributed by atoms with Gasteiger partial charge in [-0.15, -0.1) is 0 Å². The number of primary amides is 1. The van der Waals surface area contributed by atoms with Crippen molar-refractivity contribution in [3.05, 3.63) is 30.1 Å². The van der Waals surface area contributed by atoms with Crippen molar-refractivity contribution in [3.63, 3.8) is 0 Å². The topological polar surface area (TPSA) is 59.2 Å². The number of amides is 1. The van der Waals surface area contributed by atoms with E-state index in [4.69, 9.17) is 5.73 Å². The van der Waals surface area contributed by atoms with Crippen LogP contribution in [0.1, 0.15) is 60.1 Å². The lowest BCUT2D eigenvalue weighted by Gasteiger charge is -2.37. The van der Waals surface area contributed by atoms with Crippen LogP contribution in [0.25, 0.3) is 0 Å². The Bertz CT molecular complexity index is 477. The Balaban J connectivity index is 3.15. The van der Waals surface area contributed by atoms with E-state index < -0.39 is 5.41 Å². The summed E-state index contributed by atoms with van der Waals surface area (Å²) in [5.41, 5.74) is 6.00. The molecule has 1 heterocycles. The Morgan fingerprint density at radius 2 is 1.78 bits per heavy atom. The molecule has 0 unspecified atom stereocenters. The maximum absolute atomic E-state index is 12.5. The molecule has 0 bridgehead atoms. The van der Waals surface area contributed by atoms with Crippen LogP contribution in [0.3, 0.4) is 0 Å². The Morgan fingerprint density at radius 3 is 2.17 bits per heavy atom. The summed E-state index contributed by atoms with van der Waals surface area (Å²) in [4.78, 5) is 19.4. The molecule has 0 saturated heterocycles. The second-order valence-electron chi connectivity index (χ2n) is 7.43. The first kappa shape index (κ1) is 19.6. The molecular formula is C19H33N3O. The number of nitrogens with two attached hydrogens (primary N) is 1. The summed E-state index contributed by atoms with van der Waals surface area (Å²) in [6, 6.07) is 6.61. The molecule has 1 aromatic heterocycles. The van der Waals surface area contributed by atoms with Crippen molar-refractivity contribution in [1.29, 1.82) is 0 Å². The van der Waals surface area contributed by atoms with Gasteiger partial charge in [0.05, 0.1) is 11.1 Å². The van der Waals surface area contributed by atoms with Crippen LogP contribution in [-0.2, 0) is 10.2 Å². The zero-order chi connectivity index (χ0) is 17.6. The maximum Gasteiger partial charge on any atom is 0.229 e. The van der Waals surface area contributed by atoms with E-state index in [1.807, 2.05) is 18.2 Å². The van der Waals surface area contributed by atoms with Gasteiger partial charge in [-0.25, -0.2) is 0 Å². The number of pyridine rings is 1. The Labute approximate surface area is 141 Å². The molecule has 1 aromatic rings. The summed E-state index contributed by atoms with van der Waals surface area (Å²) >= 11 is 0. The Kier molecular flexibility index (Phi) is 7.20. The predicted octanol–water partition coefficient (Wildman–Crippen LogP) is 3.36. The highest BCUT2D eigenvalue weighted by molar-refractivity contribution is 5.86. The van der Waals surface area contributed by atoms with Crippen molar-refractivity contribution < 1.29 is 4.79 Å². The lowest BCUT2D eigenvalue weighted by molar-refractivity contribution is -0.125. The van der Waals surface area contributed by atoms with Crippen molar-refractivity contribution in [2.24, 2.45) is 11.7 Å². The van der Waals surface area contributed by atoms with E-state index in [9.17, 15) is 4.79 Å². The monoisotopic (exact) mass is 319 g/mol. The van der Waals surface area contributed by atoms with Gasteiger partial charge in [-0.1, -0.05) is 19.9 Å². The number of aromatic nitrogens is 1. The van der Waals surface area contributed by atoms with E-state index in [1.165, 1.54) is 0 Å². The summed E-state index contributed by atoms with van der Waals surface area (Å²) < 4.78 is 0. The van der Waals surface area contributed by atoms with Crippen LogP contribution in [0.15, 0.2) is 24.4 Å². The largest absolute Gasteiger partial charge is 0.369 e. The number of hydrogen-bond acceptors (Lipinski definition) is 3. The molecule has 4 nitrogen and oxygen atoms in total. The molecule has 2 N–H and O–H groups in total. The molecule has 0 radical (unpaired) electrons. The molecule has 23 heavy (non-hydrogen) atoms. The van der Waals surface area contributed by atoms with Gasteiger partial charge in [0.25, 0.3) is 0 Å². The van der Waals surface area contributed by atoms with Crippen LogP contribution in [0, 0.1) is 5.92 Å². The van der Waals surface area contributed by atoms with Crippen molar-refractivity contribution in [2.45, 2.75) is 71.9 Å². The number of carbonyl (C=O) groups is 1. The Morgan fingerprint density at radius 1 is 1.17 bits per heavy atom. The smallest absolute Gasteiger partial charge is 0.229 e. The molecule has 0 fully saturated rings. The van der Waals surface area contributed by atoms with Gasteiger partial charge in [0.15, 0.2) is 0 Å². The van der Waals surface area contributed by atoms with Crippen LogP contribution < -0.4 is 5.73 Å². The van der Waals surface area contributed by atoms with Crippen molar-refractivity contribution in [2.75, 3.05) is 6.54 Å². The van der Waals surface area contributed by atoms with Gasteiger partial charge in [0.2, 0.25) is 5.91 Å². The van der Waals surface area contributed by atoms with Gasteiger partial charge in [0, 0.05) is 24.8 Å². The number of nitrogens with zero attached hydrogens (tertiary/aromatic N) is 2. The van der Waals surface area contributed by atoms with Crippen molar-refractivity contribution in [1.82, 2.24) is 9.88 Å². The molecule has 130 valence electrons. The zero-order valence-electron chi connectivity index (χ0n) is 15.5.